The Morgan fingerprint density at radius 3 is 2.47 bits per heavy atom. The van der Waals surface area contributed by atoms with Crippen molar-refractivity contribution in [3.05, 3.63) is 57.9 Å². The summed E-state index contributed by atoms with van der Waals surface area (Å²) >= 11 is 6.21. The zero-order valence-electron chi connectivity index (χ0n) is 17.0. The molecule has 1 N–H and O–H groups in total. The topological polar surface area (TPSA) is 32.3 Å². The average molecular weight is 443 g/mol. The van der Waals surface area contributed by atoms with Crippen LogP contribution in [0.25, 0.3) is 0 Å². The lowest BCUT2D eigenvalue weighted by molar-refractivity contribution is -0.136. The molecule has 0 unspecified atom stereocenters. The largest absolute Gasteiger partial charge is 0.418 e. The highest BCUT2D eigenvalue weighted by Gasteiger charge is 2.36. The molecule has 3 nitrogen and oxygen atoms in total. The Balaban J connectivity index is 1.93. The van der Waals surface area contributed by atoms with Crippen molar-refractivity contribution in [2.24, 2.45) is 5.41 Å². The van der Waals surface area contributed by atoms with Crippen LogP contribution in [0.5, 0.6) is 0 Å². The molecule has 0 aromatic heterocycles. The first-order chi connectivity index (χ1) is 13.8. The van der Waals surface area contributed by atoms with Crippen LogP contribution in [-0.2, 0) is 23.9 Å². The molecule has 0 fully saturated rings. The van der Waals surface area contributed by atoms with E-state index in [-0.39, 0.29) is 22.7 Å². The van der Waals surface area contributed by atoms with Gasteiger partial charge in [-0.2, -0.15) is 13.2 Å². The summed E-state index contributed by atoms with van der Waals surface area (Å²) in [6, 6.07) is 6.87. The van der Waals surface area contributed by atoms with E-state index < -0.39 is 23.3 Å². The number of hydrogen-bond donors (Lipinski definition) is 1. The third-order valence-corrected chi connectivity index (χ3v) is 5.18. The van der Waals surface area contributed by atoms with E-state index in [1.54, 1.807) is 11.0 Å². The van der Waals surface area contributed by atoms with Crippen LogP contribution in [-0.4, -0.2) is 12.5 Å². The highest BCUT2D eigenvalue weighted by atomic mass is 35.5. The van der Waals surface area contributed by atoms with Gasteiger partial charge in [0.15, 0.2) is 0 Å². The molecule has 2 aromatic rings. The maximum atomic E-state index is 13.8. The first kappa shape index (κ1) is 22.4. The fourth-order valence-electron chi connectivity index (χ4n) is 3.53. The summed E-state index contributed by atoms with van der Waals surface area (Å²) in [5, 5.41) is 2.17. The van der Waals surface area contributed by atoms with Gasteiger partial charge in [0, 0.05) is 25.2 Å². The molecule has 1 amide bonds. The number of carbonyl (C=O) groups excluding carboxylic acids is 1. The van der Waals surface area contributed by atoms with Crippen LogP contribution in [0.15, 0.2) is 30.3 Å². The first-order valence-corrected chi connectivity index (χ1v) is 9.94. The number of amides is 1. The van der Waals surface area contributed by atoms with Gasteiger partial charge < -0.3 is 10.2 Å². The zero-order chi connectivity index (χ0) is 22.3. The molecule has 0 bridgehead atoms. The predicted octanol–water partition coefficient (Wildman–Crippen LogP) is 6.44. The molecule has 8 heteroatoms. The van der Waals surface area contributed by atoms with Gasteiger partial charge in [-0.3, -0.25) is 4.79 Å². The summed E-state index contributed by atoms with van der Waals surface area (Å²) in [4.78, 5) is 14.0. The molecule has 0 radical (unpaired) electrons. The smallest absolute Gasteiger partial charge is 0.367 e. The lowest BCUT2D eigenvalue weighted by Crippen LogP contribution is -2.31. The van der Waals surface area contributed by atoms with Crippen LogP contribution >= 0.6 is 11.6 Å². The molecule has 1 aliphatic heterocycles. The highest BCUT2D eigenvalue weighted by Crippen LogP contribution is 2.42. The van der Waals surface area contributed by atoms with Gasteiger partial charge in [-0.05, 0) is 47.2 Å². The Labute approximate surface area is 178 Å². The summed E-state index contributed by atoms with van der Waals surface area (Å²) in [5.74, 6) is -0.864. The van der Waals surface area contributed by atoms with Gasteiger partial charge in [0.05, 0.1) is 16.3 Å². The second kappa shape index (κ2) is 8.10. The van der Waals surface area contributed by atoms with E-state index in [0.717, 1.165) is 17.2 Å². The van der Waals surface area contributed by atoms with Gasteiger partial charge in [0.1, 0.15) is 5.82 Å². The quantitative estimate of drug-likeness (QED) is 0.555. The molecule has 0 spiro atoms. The number of rotatable bonds is 3. The normalized spacial score (nSPS) is 14.5. The molecule has 0 saturated carbocycles. The van der Waals surface area contributed by atoms with Crippen molar-refractivity contribution in [3.63, 3.8) is 0 Å². The van der Waals surface area contributed by atoms with Crippen molar-refractivity contribution in [1.82, 2.24) is 0 Å². The van der Waals surface area contributed by atoms with Gasteiger partial charge in [-0.25, -0.2) is 4.39 Å². The number of hydrogen-bond acceptors (Lipinski definition) is 2. The first-order valence-electron chi connectivity index (χ1n) is 9.56. The number of nitrogens with zero attached hydrogens (tertiary/aromatic N) is 1. The molecule has 3 rings (SSSR count). The minimum atomic E-state index is -4.69. The highest BCUT2D eigenvalue weighted by molar-refractivity contribution is 6.34. The van der Waals surface area contributed by atoms with Gasteiger partial charge in [-0.1, -0.05) is 38.4 Å². The summed E-state index contributed by atoms with van der Waals surface area (Å²) in [5.41, 5.74) is 0.208. The molecule has 0 saturated heterocycles. The molecule has 2 aromatic carbocycles. The van der Waals surface area contributed by atoms with E-state index >= 15 is 0 Å². The molecule has 162 valence electrons. The van der Waals surface area contributed by atoms with E-state index in [1.165, 1.54) is 18.2 Å². The fraction of sp³-hybridized carbons (Fsp3) is 0.409. The third kappa shape index (κ3) is 5.25. The minimum Gasteiger partial charge on any atom is -0.367 e. The van der Waals surface area contributed by atoms with Crippen molar-refractivity contribution >= 4 is 28.9 Å². The molecular weight excluding hydrogens is 420 g/mol. The van der Waals surface area contributed by atoms with Crippen LogP contribution in [0.3, 0.4) is 0 Å². The predicted molar refractivity (Wildman–Crippen MR) is 110 cm³/mol. The Bertz CT molecular complexity index is 967. The SMILES string of the molecule is CC(C)(C)CC(=O)Nc1c(Cl)cc(N2CCc3cc(F)ccc3C2)cc1C(F)(F)F. The Morgan fingerprint density at radius 2 is 1.83 bits per heavy atom. The maximum Gasteiger partial charge on any atom is 0.418 e. The van der Waals surface area contributed by atoms with Gasteiger partial charge in [0.25, 0.3) is 0 Å². The molecule has 1 aliphatic rings. The summed E-state index contributed by atoms with van der Waals surface area (Å²) < 4.78 is 54.7. The number of nitrogens with one attached hydrogen (secondary N) is 1. The van der Waals surface area contributed by atoms with Crippen molar-refractivity contribution in [1.29, 1.82) is 0 Å². The number of fused-ring (bicyclic) bond motifs is 1. The number of carbonyl (C=O) groups is 1. The summed E-state index contributed by atoms with van der Waals surface area (Å²) in [7, 11) is 0. The Morgan fingerprint density at radius 1 is 1.13 bits per heavy atom. The lowest BCUT2D eigenvalue weighted by Gasteiger charge is -2.32. The summed E-state index contributed by atoms with van der Waals surface area (Å²) in [6.45, 7) is 6.24. The maximum absolute atomic E-state index is 13.8. The van der Waals surface area contributed by atoms with E-state index in [1.807, 2.05) is 20.8 Å². The van der Waals surface area contributed by atoms with E-state index in [4.69, 9.17) is 11.6 Å². The summed E-state index contributed by atoms with van der Waals surface area (Å²) in [6.07, 6.45) is -4.13. The number of anilines is 2. The Kier molecular flexibility index (Phi) is 6.05. The minimum absolute atomic E-state index is 0.0574. The van der Waals surface area contributed by atoms with Crippen LogP contribution in [0.2, 0.25) is 5.02 Å². The average Bonchev–Trinajstić information content (AvgIpc) is 2.60. The number of alkyl halides is 3. The molecular formula is C22H23ClF4N2O. The van der Waals surface area contributed by atoms with Crippen molar-refractivity contribution < 1.29 is 22.4 Å². The third-order valence-electron chi connectivity index (χ3n) is 4.88. The Hall–Kier alpha value is -2.28. The molecule has 30 heavy (non-hydrogen) atoms. The van der Waals surface area contributed by atoms with E-state index in [2.05, 4.69) is 5.32 Å². The van der Waals surface area contributed by atoms with Crippen LogP contribution in [0.4, 0.5) is 28.9 Å². The standard InChI is InChI=1S/C22H23ClF4N2O/c1-21(2,3)11-19(30)28-20-17(22(25,26)27)9-16(10-18(20)23)29-7-6-13-8-15(24)5-4-14(13)12-29/h4-5,8-10H,6-7,11-12H2,1-3H3,(H,28,30). The number of benzene rings is 2. The fourth-order valence-corrected chi connectivity index (χ4v) is 3.79. The number of halogens is 5. The molecule has 1 heterocycles. The lowest BCUT2D eigenvalue weighted by atomic mass is 9.92. The molecule has 0 aliphatic carbocycles. The molecule has 0 atom stereocenters. The second-order valence-electron chi connectivity index (χ2n) is 8.72. The van der Waals surface area contributed by atoms with Crippen molar-refractivity contribution in [2.45, 2.75) is 46.3 Å². The van der Waals surface area contributed by atoms with Crippen LogP contribution < -0.4 is 10.2 Å². The van der Waals surface area contributed by atoms with Gasteiger partial charge in [0.2, 0.25) is 5.91 Å². The monoisotopic (exact) mass is 442 g/mol. The second-order valence-corrected chi connectivity index (χ2v) is 9.13. The van der Waals surface area contributed by atoms with Gasteiger partial charge >= 0.3 is 6.18 Å². The van der Waals surface area contributed by atoms with Gasteiger partial charge in [-0.15, -0.1) is 0 Å². The zero-order valence-corrected chi connectivity index (χ0v) is 17.7. The van der Waals surface area contributed by atoms with Crippen molar-refractivity contribution in [3.8, 4) is 0 Å². The van der Waals surface area contributed by atoms with Crippen LogP contribution in [0, 0.1) is 11.2 Å². The van der Waals surface area contributed by atoms with Crippen molar-refractivity contribution in [2.75, 3.05) is 16.8 Å². The van der Waals surface area contributed by atoms with E-state index in [0.29, 0.717) is 25.2 Å². The van der Waals surface area contributed by atoms with E-state index in [9.17, 15) is 22.4 Å². The van der Waals surface area contributed by atoms with Crippen LogP contribution in [0.1, 0.15) is 43.9 Å².